The smallest absolute Gasteiger partial charge is 0.124 e. The van der Waals surface area contributed by atoms with Crippen LogP contribution < -0.4 is 20.1 Å². The number of carboxylic acids is 1. The molecule has 26 heavy (non-hydrogen) atoms. The minimum absolute atomic E-state index is 0.190. The lowest BCUT2D eigenvalue weighted by molar-refractivity contribution is -0.254. The van der Waals surface area contributed by atoms with Crippen LogP contribution in [0.25, 0.3) is 0 Å². The van der Waals surface area contributed by atoms with Gasteiger partial charge >= 0.3 is 0 Å². The van der Waals surface area contributed by atoms with Crippen LogP contribution in [0.5, 0.6) is 5.75 Å². The lowest BCUT2D eigenvalue weighted by atomic mass is 10.1. The molecule has 0 amide bonds. The van der Waals surface area contributed by atoms with Crippen LogP contribution >= 0.6 is 0 Å². The Labute approximate surface area is 153 Å². The average Bonchev–Trinajstić information content (AvgIpc) is 2.68. The molecule has 138 valence electrons. The van der Waals surface area contributed by atoms with Crippen molar-refractivity contribution >= 4 is 17.3 Å². The van der Waals surface area contributed by atoms with E-state index in [1.165, 1.54) is 0 Å². The van der Waals surface area contributed by atoms with Crippen molar-refractivity contribution in [3.8, 4) is 5.75 Å². The van der Waals surface area contributed by atoms with Gasteiger partial charge in [0.05, 0.1) is 25.8 Å². The van der Waals surface area contributed by atoms with E-state index in [9.17, 15) is 9.90 Å². The predicted octanol–water partition coefficient (Wildman–Crippen LogP) is 1.90. The van der Waals surface area contributed by atoms with Gasteiger partial charge in [-0.2, -0.15) is 0 Å². The Bertz CT molecular complexity index is 757. The molecule has 3 rings (SSSR count). The molecule has 0 aromatic heterocycles. The number of nitrogens with one attached hydrogen (secondary N) is 1. The number of nitrogens with zero attached hydrogens (tertiary/aromatic N) is 1. The van der Waals surface area contributed by atoms with Gasteiger partial charge in [-0.25, -0.2) is 0 Å². The fourth-order valence-corrected chi connectivity index (χ4v) is 3.03. The fourth-order valence-electron chi connectivity index (χ4n) is 3.03. The zero-order valence-corrected chi connectivity index (χ0v) is 14.9. The first-order chi connectivity index (χ1) is 12.7. The minimum Gasteiger partial charge on any atom is -0.545 e. The number of benzene rings is 2. The SMILES string of the molecule is CCOc1ccccc1CNc1ccc(N2CCOCC2)c(C(=O)[O-])c1. The maximum atomic E-state index is 11.6. The monoisotopic (exact) mass is 355 g/mol. The van der Waals surface area contributed by atoms with Crippen LogP contribution in [0.15, 0.2) is 42.5 Å². The first kappa shape index (κ1) is 18.1. The van der Waals surface area contributed by atoms with E-state index >= 15 is 0 Å². The summed E-state index contributed by atoms with van der Waals surface area (Å²) < 4.78 is 11.0. The van der Waals surface area contributed by atoms with E-state index in [2.05, 4.69) is 5.32 Å². The summed E-state index contributed by atoms with van der Waals surface area (Å²) in [7, 11) is 0. The standard InChI is InChI=1S/C20H24N2O4/c1-2-26-19-6-4-3-5-15(19)14-21-16-7-8-18(17(13-16)20(23)24)22-9-11-25-12-10-22/h3-8,13,21H,2,9-12,14H2,1H3,(H,23,24)/p-1. The van der Waals surface area contributed by atoms with Crippen molar-refractivity contribution in [3.05, 3.63) is 53.6 Å². The zero-order chi connectivity index (χ0) is 18.4. The maximum absolute atomic E-state index is 11.6. The number of ether oxygens (including phenoxy) is 2. The van der Waals surface area contributed by atoms with Gasteiger partial charge in [-0.05, 0) is 31.2 Å². The molecule has 2 aromatic carbocycles. The number of carbonyl (C=O) groups is 1. The van der Waals surface area contributed by atoms with Crippen LogP contribution in [0.4, 0.5) is 11.4 Å². The molecule has 0 atom stereocenters. The summed E-state index contributed by atoms with van der Waals surface area (Å²) in [5.74, 6) is -0.350. The van der Waals surface area contributed by atoms with Gasteiger partial charge in [0.25, 0.3) is 0 Å². The number of para-hydroxylation sites is 1. The van der Waals surface area contributed by atoms with Gasteiger partial charge in [0, 0.05) is 42.1 Å². The Kier molecular flexibility index (Phi) is 5.96. The number of aromatic carboxylic acids is 1. The van der Waals surface area contributed by atoms with E-state index in [1.54, 1.807) is 6.07 Å². The molecule has 6 heteroatoms. The van der Waals surface area contributed by atoms with Crippen molar-refractivity contribution in [1.82, 2.24) is 0 Å². The minimum atomic E-state index is -1.18. The third-order valence-electron chi connectivity index (χ3n) is 4.32. The number of hydrogen-bond donors (Lipinski definition) is 1. The van der Waals surface area contributed by atoms with Gasteiger partial charge in [0.15, 0.2) is 0 Å². The average molecular weight is 355 g/mol. The summed E-state index contributed by atoms with van der Waals surface area (Å²) in [6, 6.07) is 13.1. The topological polar surface area (TPSA) is 73.9 Å². The van der Waals surface area contributed by atoms with Crippen LogP contribution in [0.2, 0.25) is 0 Å². The molecule has 1 aliphatic rings. The Morgan fingerprint density at radius 3 is 2.73 bits per heavy atom. The number of carbonyl (C=O) groups excluding carboxylic acids is 1. The fraction of sp³-hybridized carbons (Fsp3) is 0.350. The summed E-state index contributed by atoms with van der Waals surface area (Å²) in [5, 5.41) is 14.9. The number of carboxylic acid groups (broad SMARTS) is 1. The highest BCUT2D eigenvalue weighted by atomic mass is 16.5. The van der Waals surface area contributed by atoms with Gasteiger partial charge in [-0.3, -0.25) is 0 Å². The Morgan fingerprint density at radius 2 is 2.00 bits per heavy atom. The van der Waals surface area contributed by atoms with Gasteiger partial charge < -0.3 is 29.6 Å². The number of rotatable bonds is 7. The molecule has 1 heterocycles. The molecule has 0 radical (unpaired) electrons. The highest BCUT2D eigenvalue weighted by Crippen LogP contribution is 2.26. The molecule has 6 nitrogen and oxygen atoms in total. The molecule has 2 aromatic rings. The van der Waals surface area contributed by atoms with Crippen LogP contribution in [0, 0.1) is 0 Å². The molecule has 1 saturated heterocycles. The predicted molar refractivity (Wildman–Crippen MR) is 98.7 cm³/mol. The summed E-state index contributed by atoms with van der Waals surface area (Å²) in [6.45, 7) is 5.63. The van der Waals surface area contributed by atoms with Crippen LogP contribution in [0.3, 0.4) is 0 Å². The zero-order valence-electron chi connectivity index (χ0n) is 14.9. The van der Waals surface area contributed by atoms with Crippen molar-refractivity contribution in [2.45, 2.75) is 13.5 Å². The summed E-state index contributed by atoms with van der Waals surface area (Å²) in [6.07, 6.45) is 0. The molecule has 1 fully saturated rings. The third kappa shape index (κ3) is 4.26. The summed E-state index contributed by atoms with van der Waals surface area (Å²) in [4.78, 5) is 13.6. The van der Waals surface area contributed by atoms with Crippen LogP contribution in [-0.2, 0) is 11.3 Å². The Morgan fingerprint density at radius 1 is 1.23 bits per heavy atom. The molecule has 0 aliphatic carbocycles. The first-order valence-electron chi connectivity index (χ1n) is 8.81. The van der Waals surface area contributed by atoms with Crippen LogP contribution in [0.1, 0.15) is 22.8 Å². The molecule has 1 aliphatic heterocycles. The number of morpholine rings is 1. The van der Waals surface area contributed by atoms with Crippen molar-refractivity contribution in [2.24, 2.45) is 0 Å². The van der Waals surface area contributed by atoms with Gasteiger partial charge in [-0.15, -0.1) is 0 Å². The normalized spacial score (nSPS) is 14.1. The molecule has 1 N–H and O–H groups in total. The van der Waals surface area contributed by atoms with Crippen molar-refractivity contribution in [2.75, 3.05) is 43.1 Å². The van der Waals surface area contributed by atoms with E-state index in [0.717, 1.165) is 17.0 Å². The van der Waals surface area contributed by atoms with Gasteiger partial charge in [0.1, 0.15) is 5.75 Å². The molecular weight excluding hydrogens is 332 g/mol. The highest BCUT2D eigenvalue weighted by Gasteiger charge is 2.16. The summed E-state index contributed by atoms with van der Waals surface area (Å²) in [5.41, 5.74) is 2.61. The van der Waals surface area contributed by atoms with Crippen molar-refractivity contribution < 1.29 is 19.4 Å². The Balaban J connectivity index is 1.76. The van der Waals surface area contributed by atoms with E-state index < -0.39 is 5.97 Å². The summed E-state index contributed by atoms with van der Waals surface area (Å²) >= 11 is 0. The third-order valence-corrected chi connectivity index (χ3v) is 4.32. The van der Waals surface area contributed by atoms with Gasteiger partial charge in [-0.1, -0.05) is 18.2 Å². The highest BCUT2D eigenvalue weighted by molar-refractivity contribution is 5.94. The molecule has 0 bridgehead atoms. The Hall–Kier alpha value is -2.73. The van der Waals surface area contributed by atoms with E-state index in [4.69, 9.17) is 9.47 Å². The molecule has 0 spiro atoms. The number of anilines is 2. The largest absolute Gasteiger partial charge is 0.545 e. The second kappa shape index (κ2) is 8.58. The van der Waals surface area contributed by atoms with E-state index in [-0.39, 0.29) is 5.56 Å². The molecular formula is C20H23N2O4-. The lowest BCUT2D eigenvalue weighted by Gasteiger charge is -2.31. The number of hydrogen-bond acceptors (Lipinski definition) is 6. The lowest BCUT2D eigenvalue weighted by Crippen LogP contribution is -2.38. The van der Waals surface area contributed by atoms with E-state index in [0.29, 0.717) is 45.1 Å². The van der Waals surface area contributed by atoms with Crippen LogP contribution in [-0.4, -0.2) is 38.9 Å². The maximum Gasteiger partial charge on any atom is 0.124 e. The molecule has 0 unspecified atom stereocenters. The van der Waals surface area contributed by atoms with Gasteiger partial charge in [0.2, 0.25) is 0 Å². The first-order valence-corrected chi connectivity index (χ1v) is 8.81. The quantitative estimate of drug-likeness (QED) is 0.818. The second-order valence-corrected chi connectivity index (χ2v) is 6.01. The molecule has 0 saturated carbocycles. The van der Waals surface area contributed by atoms with Crippen molar-refractivity contribution in [3.63, 3.8) is 0 Å². The van der Waals surface area contributed by atoms with E-state index in [1.807, 2.05) is 48.2 Å². The second-order valence-electron chi connectivity index (χ2n) is 6.01. The van der Waals surface area contributed by atoms with Crippen molar-refractivity contribution in [1.29, 1.82) is 0 Å².